The van der Waals surface area contributed by atoms with E-state index in [1.54, 1.807) is 6.20 Å². The molecule has 1 aromatic carbocycles. The monoisotopic (exact) mass is 268 g/mol. The summed E-state index contributed by atoms with van der Waals surface area (Å²) in [5, 5.41) is 1.10. The maximum atomic E-state index is 6.17. The van der Waals surface area contributed by atoms with E-state index < -0.39 is 0 Å². The summed E-state index contributed by atoms with van der Waals surface area (Å²) in [4.78, 5) is 8.93. The Kier molecular flexibility index (Phi) is 2.71. The molecule has 0 radical (unpaired) electrons. The molecule has 0 amide bonds. The lowest BCUT2D eigenvalue weighted by atomic mass is 9.87. The van der Waals surface area contributed by atoms with Gasteiger partial charge in [-0.25, -0.2) is 4.98 Å². The number of nitrogen functional groups attached to an aromatic ring is 1. The number of imidazole rings is 1. The number of benzene rings is 1. The molecule has 2 heterocycles. The van der Waals surface area contributed by atoms with Crippen LogP contribution in [0.15, 0.2) is 30.5 Å². The highest BCUT2D eigenvalue weighted by molar-refractivity contribution is 6.03. The molecule has 3 rings (SSSR count). The molecule has 2 aromatic heterocycles. The van der Waals surface area contributed by atoms with Crippen LogP contribution in [0.4, 0.5) is 5.95 Å². The van der Waals surface area contributed by atoms with Crippen molar-refractivity contribution in [2.75, 3.05) is 5.73 Å². The molecular weight excluding hydrogens is 248 g/mol. The Balaban J connectivity index is 2.42. The number of hydrogen-bond donors (Lipinski definition) is 1. The molecule has 0 spiro atoms. The van der Waals surface area contributed by atoms with Gasteiger partial charge in [-0.3, -0.25) is 4.98 Å². The molecule has 1 atom stereocenters. The SMILES string of the molecule is CC(n1c(N)nc2cnc3ccccc3c21)C(C)(C)C. The number of pyridine rings is 1. The lowest BCUT2D eigenvalue weighted by Crippen LogP contribution is -2.22. The first-order valence-electron chi connectivity index (χ1n) is 6.91. The second-order valence-electron chi connectivity index (χ2n) is 6.39. The van der Waals surface area contributed by atoms with Gasteiger partial charge in [-0.2, -0.15) is 0 Å². The first-order chi connectivity index (χ1) is 9.39. The van der Waals surface area contributed by atoms with Crippen molar-refractivity contribution in [1.29, 1.82) is 0 Å². The van der Waals surface area contributed by atoms with Gasteiger partial charge in [0.2, 0.25) is 5.95 Å². The Morgan fingerprint density at radius 2 is 1.85 bits per heavy atom. The van der Waals surface area contributed by atoms with Crippen LogP contribution in [0.3, 0.4) is 0 Å². The van der Waals surface area contributed by atoms with E-state index in [2.05, 4.69) is 48.3 Å². The average molecular weight is 268 g/mol. The minimum atomic E-state index is 0.103. The van der Waals surface area contributed by atoms with Crippen LogP contribution in [0.25, 0.3) is 21.9 Å². The van der Waals surface area contributed by atoms with Gasteiger partial charge in [-0.1, -0.05) is 39.0 Å². The molecule has 0 bridgehead atoms. The molecule has 104 valence electrons. The van der Waals surface area contributed by atoms with Crippen LogP contribution in [0, 0.1) is 5.41 Å². The van der Waals surface area contributed by atoms with E-state index in [0.29, 0.717) is 5.95 Å². The Labute approximate surface area is 118 Å². The zero-order chi connectivity index (χ0) is 14.5. The Morgan fingerprint density at radius 1 is 1.15 bits per heavy atom. The molecule has 20 heavy (non-hydrogen) atoms. The normalized spacial score (nSPS) is 14.0. The van der Waals surface area contributed by atoms with Crippen LogP contribution in [0.1, 0.15) is 33.7 Å². The minimum absolute atomic E-state index is 0.103. The van der Waals surface area contributed by atoms with Crippen LogP contribution < -0.4 is 5.73 Å². The number of nitrogens with zero attached hydrogens (tertiary/aromatic N) is 3. The lowest BCUT2D eigenvalue weighted by Gasteiger charge is -2.29. The van der Waals surface area contributed by atoms with E-state index in [0.717, 1.165) is 21.9 Å². The van der Waals surface area contributed by atoms with Crippen LogP contribution in [-0.4, -0.2) is 14.5 Å². The van der Waals surface area contributed by atoms with E-state index in [4.69, 9.17) is 5.73 Å². The van der Waals surface area contributed by atoms with Crippen molar-refractivity contribution in [2.24, 2.45) is 5.41 Å². The minimum Gasteiger partial charge on any atom is -0.369 e. The zero-order valence-electron chi connectivity index (χ0n) is 12.4. The molecule has 4 nitrogen and oxygen atoms in total. The number of nitrogens with two attached hydrogens (primary N) is 1. The Hall–Kier alpha value is -2.10. The fourth-order valence-electron chi connectivity index (χ4n) is 2.52. The number of fused-ring (bicyclic) bond motifs is 3. The predicted octanol–water partition coefficient (Wildman–Crippen LogP) is 3.77. The summed E-state index contributed by atoms with van der Waals surface area (Å²) in [6.45, 7) is 8.83. The molecule has 0 aliphatic carbocycles. The van der Waals surface area contributed by atoms with Gasteiger partial charge < -0.3 is 10.3 Å². The summed E-state index contributed by atoms with van der Waals surface area (Å²) in [6.07, 6.45) is 1.81. The first kappa shape index (κ1) is 12.9. The van der Waals surface area contributed by atoms with Gasteiger partial charge in [-0.05, 0) is 18.4 Å². The highest BCUT2D eigenvalue weighted by atomic mass is 15.2. The highest BCUT2D eigenvalue weighted by Crippen LogP contribution is 2.36. The van der Waals surface area contributed by atoms with Crippen LogP contribution in [0.5, 0.6) is 0 Å². The van der Waals surface area contributed by atoms with E-state index >= 15 is 0 Å². The molecule has 0 saturated heterocycles. The van der Waals surface area contributed by atoms with Crippen molar-refractivity contribution in [3.63, 3.8) is 0 Å². The largest absolute Gasteiger partial charge is 0.369 e. The van der Waals surface area contributed by atoms with Gasteiger partial charge in [0.1, 0.15) is 5.52 Å². The van der Waals surface area contributed by atoms with Gasteiger partial charge in [0.25, 0.3) is 0 Å². The third-order valence-electron chi connectivity index (χ3n) is 4.09. The Morgan fingerprint density at radius 3 is 2.55 bits per heavy atom. The summed E-state index contributed by atoms with van der Waals surface area (Å²) in [6, 6.07) is 8.37. The molecule has 0 aliphatic heterocycles. The summed E-state index contributed by atoms with van der Waals surface area (Å²) in [5.74, 6) is 0.556. The number of anilines is 1. The molecule has 2 N–H and O–H groups in total. The second-order valence-corrected chi connectivity index (χ2v) is 6.39. The average Bonchev–Trinajstić information content (AvgIpc) is 2.73. The summed E-state index contributed by atoms with van der Waals surface area (Å²) in [7, 11) is 0. The maximum absolute atomic E-state index is 6.17. The van der Waals surface area contributed by atoms with Crippen molar-refractivity contribution in [2.45, 2.75) is 33.7 Å². The number of aromatic nitrogens is 3. The fraction of sp³-hybridized carbons (Fsp3) is 0.375. The van der Waals surface area contributed by atoms with Crippen LogP contribution in [0.2, 0.25) is 0 Å². The Bertz CT molecular complexity index is 780. The molecule has 4 heteroatoms. The zero-order valence-corrected chi connectivity index (χ0v) is 12.4. The molecule has 1 unspecified atom stereocenters. The van der Waals surface area contributed by atoms with Crippen LogP contribution in [-0.2, 0) is 0 Å². The third-order valence-corrected chi connectivity index (χ3v) is 4.09. The molecule has 0 aliphatic rings. The highest BCUT2D eigenvalue weighted by Gasteiger charge is 2.26. The van der Waals surface area contributed by atoms with E-state index in [1.807, 2.05) is 18.2 Å². The molecule has 0 fully saturated rings. The van der Waals surface area contributed by atoms with Gasteiger partial charge in [0, 0.05) is 11.4 Å². The van der Waals surface area contributed by atoms with Gasteiger partial charge in [-0.15, -0.1) is 0 Å². The number of rotatable bonds is 1. The van der Waals surface area contributed by atoms with E-state index in [-0.39, 0.29) is 11.5 Å². The van der Waals surface area contributed by atoms with Crippen LogP contribution >= 0.6 is 0 Å². The maximum Gasteiger partial charge on any atom is 0.201 e. The van der Waals surface area contributed by atoms with Crippen molar-refractivity contribution in [3.8, 4) is 0 Å². The van der Waals surface area contributed by atoms with Gasteiger partial charge in [0.15, 0.2) is 0 Å². The van der Waals surface area contributed by atoms with Gasteiger partial charge in [0.05, 0.1) is 17.2 Å². The third kappa shape index (κ3) is 1.83. The van der Waals surface area contributed by atoms with Crippen molar-refractivity contribution in [3.05, 3.63) is 30.5 Å². The quantitative estimate of drug-likeness (QED) is 0.730. The number of para-hydroxylation sites is 1. The molecule has 3 aromatic rings. The van der Waals surface area contributed by atoms with Gasteiger partial charge >= 0.3 is 0 Å². The second kappa shape index (κ2) is 4.20. The fourth-order valence-corrected chi connectivity index (χ4v) is 2.52. The van der Waals surface area contributed by atoms with E-state index in [9.17, 15) is 0 Å². The molecular formula is C16H20N4. The topological polar surface area (TPSA) is 56.7 Å². The first-order valence-corrected chi connectivity index (χ1v) is 6.91. The lowest BCUT2D eigenvalue weighted by molar-refractivity contribution is 0.270. The number of hydrogen-bond acceptors (Lipinski definition) is 3. The smallest absolute Gasteiger partial charge is 0.201 e. The standard InChI is InChI=1S/C16H20N4/c1-10(16(2,3)4)20-14-11-7-5-6-8-12(11)18-9-13(14)19-15(20)17/h5-10H,1-4H3,(H2,17,19). The van der Waals surface area contributed by atoms with Crippen molar-refractivity contribution >= 4 is 27.9 Å². The predicted molar refractivity (Wildman–Crippen MR) is 83.6 cm³/mol. The van der Waals surface area contributed by atoms with Crippen molar-refractivity contribution in [1.82, 2.24) is 14.5 Å². The summed E-state index contributed by atoms with van der Waals surface area (Å²) >= 11 is 0. The van der Waals surface area contributed by atoms with Crippen molar-refractivity contribution < 1.29 is 0 Å². The molecule has 0 saturated carbocycles. The summed E-state index contributed by atoms with van der Waals surface area (Å²) in [5.41, 5.74) is 9.18. The van der Waals surface area contributed by atoms with E-state index in [1.165, 1.54) is 0 Å². The summed E-state index contributed by atoms with van der Waals surface area (Å²) < 4.78 is 2.14.